The first-order valence-corrected chi connectivity index (χ1v) is 7.74. The van der Waals surface area contributed by atoms with Crippen molar-refractivity contribution in [2.45, 2.75) is 12.3 Å². The van der Waals surface area contributed by atoms with Crippen LogP contribution in [0, 0.1) is 5.92 Å². The van der Waals surface area contributed by atoms with E-state index in [-0.39, 0.29) is 17.6 Å². The highest BCUT2D eigenvalue weighted by Crippen LogP contribution is 2.42. The van der Waals surface area contributed by atoms with Crippen molar-refractivity contribution < 1.29 is 9.59 Å². The molecule has 2 rings (SSSR count). The van der Waals surface area contributed by atoms with Crippen molar-refractivity contribution in [1.29, 1.82) is 0 Å². The van der Waals surface area contributed by atoms with Crippen LogP contribution in [0.25, 0.3) is 0 Å². The lowest BCUT2D eigenvalue weighted by Crippen LogP contribution is -2.47. The predicted octanol–water partition coefficient (Wildman–Crippen LogP) is 2.55. The minimum Gasteiger partial charge on any atom is -0.337 e. The number of alkyl halides is 1. The Labute approximate surface area is 127 Å². The summed E-state index contributed by atoms with van der Waals surface area (Å²) in [6, 6.07) is 9.36. The third-order valence-corrected chi connectivity index (χ3v) is 4.78. The van der Waals surface area contributed by atoms with Gasteiger partial charge in [0.25, 0.3) is 0 Å². The number of Topliss-reactive ketones (excluding diaryl/α,β-unsaturated/α-hetero) is 1. The van der Waals surface area contributed by atoms with Crippen LogP contribution in [-0.2, 0) is 15.0 Å². The minimum absolute atomic E-state index is 0.0603. The molecule has 0 bridgehead atoms. The third-order valence-electron chi connectivity index (χ3n) is 4.00. The van der Waals surface area contributed by atoms with E-state index in [1.807, 2.05) is 30.3 Å². The van der Waals surface area contributed by atoms with Crippen LogP contribution in [-0.4, -0.2) is 35.0 Å². The topological polar surface area (TPSA) is 37.4 Å². The molecule has 0 N–H and O–H groups in total. The zero-order valence-electron chi connectivity index (χ0n) is 11.5. The Balaban J connectivity index is 2.58. The van der Waals surface area contributed by atoms with Gasteiger partial charge < -0.3 is 4.90 Å². The molecule has 1 aliphatic heterocycles. The molecule has 1 amide bonds. The lowest BCUT2D eigenvalue weighted by molar-refractivity contribution is -0.138. The van der Waals surface area contributed by atoms with Gasteiger partial charge in [-0.3, -0.25) is 9.59 Å². The second kappa shape index (κ2) is 5.92. The van der Waals surface area contributed by atoms with Gasteiger partial charge in [-0.15, -0.1) is 6.58 Å². The number of rotatable bonds is 5. The average molecular weight is 336 g/mol. The van der Waals surface area contributed by atoms with Gasteiger partial charge in [-0.05, 0) is 12.5 Å². The van der Waals surface area contributed by atoms with Gasteiger partial charge in [0.1, 0.15) is 11.2 Å². The van der Waals surface area contributed by atoms with Gasteiger partial charge in [0.2, 0.25) is 5.91 Å². The normalized spacial score (nSPS) is 25.8. The molecular weight excluding hydrogens is 318 g/mol. The van der Waals surface area contributed by atoms with Crippen molar-refractivity contribution in [3.8, 4) is 0 Å². The first-order valence-electron chi connectivity index (χ1n) is 6.61. The quantitative estimate of drug-likeness (QED) is 0.471. The Morgan fingerprint density at radius 1 is 1.50 bits per heavy atom. The SMILES string of the molecule is C=CCN1C[C@H](CBr)[C@@](C(C)=O)(c2ccccc2)C1=O. The van der Waals surface area contributed by atoms with Crippen LogP contribution >= 0.6 is 15.9 Å². The fraction of sp³-hybridized carbons (Fsp3) is 0.375. The largest absolute Gasteiger partial charge is 0.337 e. The van der Waals surface area contributed by atoms with Gasteiger partial charge in [0.05, 0.1) is 0 Å². The molecule has 1 heterocycles. The fourth-order valence-electron chi connectivity index (χ4n) is 3.09. The van der Waals surface area contributed by atoms with Gasteiger partial charge >= 0.3 is 0 Å². The highest BCUT2D eigenvalue weighted by Gasteiger charge is 2.57. The molecule has 1 aliphatic rings. The van der Waals surface area contributed by atoms with Gasteiger partial charge in [0, 0.05) is 24.3 Å². The summed E-state index contributed by atoms with van der Waals surface area (Å²) in [5, 5.41) is 0.612. The summed E-state index contributed by atoms with van der Waals surface area (Å²) < 4.78 is 0. The summed E-state index contributed by atoms with van der Waals surface area (Å²) in [6.07, 6.45) is 1.70. The number of likely N-dealkylation sites (tertiary alicyclic amines) is 1. The number of benzene rings is 1. The second-order valence-corrected chi connectivity index (χ2v) is 5.73. The summed E-state index contributed by atoms with van der Waals surface area (Å²) in [5.41, 5.74) is -0.276. The van der Waals surface area contributed by atoms with Crippen molar-refractivity contribution in [1.82, 2.24) is 4.90 Å². The molecule has 0 saturated carbocycles. The molecular formula is C16H18BrNO2. The molecule has 1 aromatic rings. The number of halogens is 1. The van der Waals surface area contributed by atoms with Crippen LogP contribution in [0.3, 0.4) is 0 Å². The standard InChI is InChI=1S/C16H18BrNO2/c1-3-9-18-11-14(10-17)16(12(2)19,15(18)20)13-7-5-4-6-8-13/h3-8,14H,1,9-11H2,2H3/t14-,16+/m0/s1. The molecule has 20 heavy (non-hydrogen) atoms. The number of hydrogen-bond acceptors (Lipinski definition) is 2. The maximum absolute atomic E-state index is 12.9. The number of carbonyl (C=O) groups is 2. The lowest BCUT2D eigenvalue weighted by Gasteiger charge is -2.29. The summed E-state index contributed by atoms with van der Waals surface area (Å²) in [6.45, 7) is 6.25. The molecule has 0 aliphatic carbocycles. The maximum Gasteiger partial charge on any atom is 0.241 e. The number of ketones is 1. The van der Waals surface area contributed by atoms with Crippen molar-refractivity contribution in [2.24, 2.45) is 5.92 Å². The molecule has 4 heteroatoms. The minimum atomic E-state index is -1.06. The first kappa shape index (κ1) is 15.0. The van der Waals surface area contributed by atoms with Crippen molar-refractivity contribution in [3.05, 3.63) is 48.6 Å². The second-order valence-electron chi connectivity index (χ2n) is 5.08. The van der Waals surface area contributed by atoms with Crippen LogP contribution in [0.5, 0.6) is 0 Å². The van der Waals surface area contributed by atoms with Gasteiger partial charge in [-0.25, -0.2) is 0 Å². The number of hydrogen-bond donors (Lipinski definition) is 0. The van der Waals surface area contributed by atoms with E-state index >= 15 is 0 Å². The third kappa shape index (κ3) is 2.12. The molecule has 0 aromatic heterocycles. The summed E-state index contributed by atoms with van der Waals surface area (Å²) in [4.78, 5) is 27.0. The van der Waals surface area contributed by atoms with Crippen molar-refractivity contribution >= 4 is 27.6 Å². The van der Waals surface area contributed by atoms with Crippen LogP contribution in [0.1, 0.15) is 12.5 Å². The van der Waals surface area contributed by atoms with Crippen molar-refractivity contribution in [3.63, 3.8) is 0 Å². The molecule has 0 unspecified atom stereocenters. The van der Waals surface area contributed by atoms with E-state index in [1.165, 1.54) is 6.92 Å². The Hall–Kier alpha value is -1.42. The highest BCUT2D eigenvalue weighted by atomic mass is 79.9. The Kier molecular flexibility index (Phi) is 4.43. The van der Waals surface area contributed by atoms with E-state index < -0.39 is 5.41 Å². The number of nitrogens with zero attached hydrogens (tertiary/aromatic N) is 1. The van der Waals surface area contributed by atoms with E-state index in [2.05, 4.69) is 22.5 Å². The van der Waals surface area contributed by atoms with Gasteiger partial charge in [0.15, 0.2) is 0 Å². The summed E-state index contributed by atoms with van der Waals surface area (Å²) in [7, 11) is 0. The Bertz CT molecular complexity index is 529. The monoisotopic (exact) mass is 335 g/mol. The Morgan fingerprint density at radius 3 is 2.65 bits per heavy atom. The number of amides is 1. The molecule has 0 radical (unpaired) electrons. The smallest absolute Gasteiger partial charge is 0.241 e. The van der Waals surface area contributed by atoms with Gasteiger partial charge in [-0.1, -0.05) is 52.3 Å². The predicted molar refractivity (Wildman–Crippen MR) is 82.9 cm³/mol. The average Bonchev–Trinajstić information content (AvgIpc) is 2.74. The highest BCUT2D eigenvalue weighted by molar-refractivity contribution is 9.09. The van der Waals surface area contributed by atoms with Crippen LogP contribution in [0.4, 0.5) is 0 Å². The summed E-state index contributed by atoms with van der Waals surface area (Å²) >= 11 is 3.47. The van der Waals surface area contributed by atoms with Crippen LogP contribution in [0.2, 0.25) is 0 Å². The van der Waals surface area contributed by atoms with E-state index in [4.69, 9.17) is 0 Å². The first-order chi connectivity index (χ1) is 9.58. The van der Waals surface area contributed by atoms with E-state index in [1.54, 1.807) is 11.0 Å². The van der Waals surface area contributed by atoms with Crippen LogP contribution < -0.4 is 0 Å². The zero-order valence-corrected chi connectivity index (χ0v) is 13.1. The lowest BCUT2D eigenvalue weighted by atomic mass is 9.70. The molecule has 1 saturated heterocycles. The number of carbonyl (C=O) groups excluding carboxylic acids is 2. The van der Waals surface area contributed by atoms with Crippen LogP contribution in [0.15, 0.2) is 43.0 Å². The van der Waals surface area contributed by atoms with Crippen molar-refractivity contribution in [2.75, 3.05) is 18.4 Å². The molecule has 3 nitrogen and oxygen atoms in total. The molecule has 1 fully saturated rings. The zero-order chi connectivity index (χ0) is 14.8. The summed E-state index contributed by atoms with van der Waals surface area (Å²) in [5.74, 6) is -0.264. The van der Waals surface area contributed by atoms with E-state index in [0.29, 0.717) is 18.4 Å². The Morgan fingerprint density at radius 2 is 2.15 bits per heavy atom. The molecule has 0 spiro atoms. The van der Waals surface area contributed by atoms with E-state index in [0.717, 1.165) is 5.56 Å². The fourth-order valence-corrected chi connectivity index (χ4v) is 3.78. The molecule has 1 aromatic carbocycles. The maximum atomic E-state index is 12.9. The molecule has 2 atom stereocenters. The molecule has 106 valence electrons. The van der Waals surface area contributed by atoms with E-state index in [9.17, 15) is 9.59 Å². The van der Waals surface area contributed by atoms with Gasteiger partial charge in [-0.2, -0.15) is 0 Å².